The lowest BCUT2D eigenvalue weighted by atomic mass is 10.2. The Morgan fingerprint density at radius 1 is 1.18 bits per heavy atom. The van der Waals surface area contributed by atoms with Gasteiger partial charge in [-0.2, -0.15) is 0 Å². The average molecular weight is 223 g/mol. The molecule has 0 atom stereocenters. The van der Waals surface area contributed by atoms with Gasteiger partial charge < -0.3 is 5.21 Å². The molecular formula is C13H9N3O. The SMILES string of the molecule is O/N=C\c1cccc(C#Cc2cccnc2)n1. The Balaban J connectivity index is 2.25. The minimum atomic E-state index is 0.561. The molecule has 0 fully saturated rings. The molecule has 0 aliphatic heterocycles. The molecule has 2 heterocycles. The fourth-order valence-electron chi connectivity index (χ4n) is 1.23. The third kappa shape index (κ3) is 3.14. The summed E-state index contributed by atoms with van der Waals surface area (Å²) in [4.78, 5) is 8.14. The minimum Gasteiger partial charge on any atom is -0.411 e. The maximum absolute atomic E-state index is 8.40. The van der Waals surface area contributed by atoms with Crippen molar-refractivity contribution in [1.29, 1.82) is 0 Å². The zero-order valence-electron chi connectivity index (χ0n) is 8.91. The van der Waals surface area contributed by atoms with Crippen molar-refractivity contribution in [1.82, 2.24) is 9.97 Å². The molecule has 2 aromatic rings. The van der Waals surface area contributed by atoms with Crippen molar-refractivity contribution in [3.8, 4) is 11.8 Å². The van der Waals surface area contributed by atoms with Gasteiger partial charge in [-0.15, -0.1) is 0 Å². The van der Waals surface area contributed by atoms with E-state index in [1.54, 1.807) is 30.6 Å². The molecule has 0 saturated carbocycles. The molecule has 0 bridgehead atoms. The highest BCUT2D eigenvalue weighted by molar-refractivity contribution is 5.76. The predicted octanol–water partition coefficient (Wildman–Crippen LogP) is 1.68. The van der Waals surface area contributed by atoms with Gasteiger partial charge >= 0.3 is 0 Å². The summed E-state index contributed by atoms with van der Waals surface area (Å²) >= 11 is 0. The van der Waals surface area contributed by atoms with E-state index in [-0.39, 0.29) is 0 Å². The first-order chi connectivity index (χ1) is 8.38. The van der Waals surface area contributed by atoms with Crippen molar-refractivity contribution in [2.75, 3.05) is 0 Å². The van der Waals surface area contributed by atoms with Crippen LogP contribution in [0.15, 0.2) is 47.9 Å². The summed E-state index contributed by atoms with van der Waals surface area (Å²) < 4.78 is 0. The van der Waals surface area contributed by atoms with Crippen LogP contribution in [0.1, 0.15) is 17.0 Å². The van der Waals surface area contributed by atoms with Crippen LogP contribution < -0.4 is 0 Å². The third-order valence-electron chi connectivity index (χ3n) is 1.96. The summed E-state index contributed by atoms with van der Waals surface area (Å²) in [6.07, 6.45) is 4.64. The number of rotatable bonds is 1. The maximum atomic E-state index is 8.40. The number of hydrogen-bond acceptors (Lipinski definition) is 4. The molecule has 0 radical (unpaired) electrons. The summed E-state index contributed by atoms with van der Waals surface area (Å²) in [5.74, 6) is 5.86. The average Bonchev–Trinajstić information content (AvgIpc) is 2.39. The molecule has 4 heteroatoms. The Labute approximate surface area is 98.7 Å². The topological polar surface area (TPSA) is 58.4 Å². The normalized spacial score (nSPS) is 9.88. The first-order valence-electron chi connectivity index (χ1n) is 4.95. The number of nitrogens with zero attached hydrogens (tertiary/aromatic N) is 3. The van der Waals surface area contributed by atoms with Gasteiger partial charge in [-0.3, -0.25) is 4.98 Å². The van der Waals surface area contributed by atoms with Gasteiger partial charge in [0.2, 0.25) is 0 Å². The minimum absolute atomic E-state index is 0.561. The summed E-state index contributed by atoms with van der Waals surface area (Å²) in [5, 5.41) is 11.3. The van der Waals surface area contributed by atoms with Gasteiger partial charge in [0.15, 0.2) is 0 Å². The molecule has 0 aromatic carbocycles. The maximum Gasteiger partial charge on any atom is 0.114 e. The van der Waals surface area contributed by atoms with Crippen molar-refractivity contribution in [3.05, 3.63) is 59.7 Å². The Hall–Kier alpha value is -2.67. The van der Waals surface area contributed by atoms with Gasteiger partial charge in [-0.05, 0) is 30.2 Å². The molecule has 0 spiro atoms. The molecule has 2 aromatic heterocycles. The van der Waals surface area contributed by atoms with E-state index >= 15 is 0 Å². The highest BCUT2D eigenvalue weighted by atomic mass is 16.4. The Morgan fingerprint density at radius 3 is 2.88 bits per heavy atom. The lowest BCUT2D eigenvalue weighted by molar-refractivity contribution is 0.321. The second-order valence-electron chi connectivity index (χ2n) is 3.18. The molecule has 0 aliphatic rings. The number of aromatic nitrogens is 2. The molecular weight excluding hydrogens is 214 g/mol. The van der Waals surface area contributed by atoms with Crippen molar-refractivity contribution in [2.24, 2.45) is 5.16 Å². The van der Waals surface area contributed by atoms with Crippen LogP contribution in [0.2, 0.25) is 0 Å². The Morgan fingerprint density at radius 2 is 2.12 bits per heavy atom. The molecule has 0 amide bonds. The second kappa shape index (κ2) is 5.42. The van der Waals surface area contributed by atoms with Crippen LogP contribution in [0.5, 0.6) is 0 Å². The predicted molar refractivity (Wildman–Crippen MR) is 63.8 cm³/mol. The van der Waals surface area contributed by atoms with Gasteiger partial charge in [-0.1, -0.05) is 17.1 Å². The summed E-state index contributed by atoms with van der Waals surface area (Å²) in [6.45, 7) is 0. The first kappa shape index (κ1) is 10.8. The second-order valence-corrected chi connectivity index (χ2v) is 3.18. The standard InChI is InChI=1S/C13H9N3O/c17-15-10-13-5-1-4-12(16-13)7-6-11-3-2-8-14-9-11/h1-5,8-10,17H/b15-10-. The Kier molecular flexibility index (Phi) is 3.46. The van der Waals surface area contributed by atoms with Crippen LogP contribution in [0.25, 0.3) is 0 Å². The van der Waals surface area contributed by atoms with Crippen molar-refractivity contribution in [2.45, 2.75) is 0 Å². The highest BCUT2D eigenvalue weighted by Gasteiger charge is 1.92. The van der Waals surface area contributed by atoms with E-state index in [2.05, 4.69) is 27.0 Å². The molecule has 17 heavy (non-hydrogen) atoms. The molecule has 82 valence electrons. The van der Waals surface area contributed by atoms with Crippen LogP contribution in [0.4, 0.5) is 0 Å². The van der Waals surface area contributed by atoms with Crippen LogP contribution in [-0.4, -0.2) is 21.4 Å². The van der Waals surface area contributed by atoms with Crippen molar-refractivity contribution >= 4 is 6.21 Å². The fraction of sp³-hybridized carbons (Fsp3) is 0. The quantitative estimate of drug-likeness (QED) is 0.346. The lowest BCUT2D eigenvalue weighted by Gasteiger charge is -1.92. The van der Waals surface area contributed by atoms with Crippen LogP contribution in [0.3, 0.4) is 0 Å². The molecule has 0 unspecified atom stereocenters. The van der Waals surface area contributed by atoms with E-state index in [1.807, 2.05) is 12.1 Å². The van der Waals surface area contributed by atoms with Gasteiger partial charge in [-0.25, -0.2) is 4.98 Å². The zero-order chi connectivity index (χ0) is 11.9. The Bertz CT molecular complexity index is 582. The van der Waals surface area contributed by atoms with E-state index in [4.69, 9.17) is 5.21 Å². The van der Waals surface area contributed by atoms with E-state index in [1.165, 1.54) is 6.21 Å². The lowest BCUT2D eigenvalue weighted by Crippen LogP contribution is -1.90. The largest absolute Gasteiger partial charge is 0.411 e. The summed E-state index contributed by atoms with van der Waals surface area (Å²) in [7, 11) is 0. The smallest absolute Gasteiger partial charge is 0.114 e. The fourth-order valence-corrected chi connectivity index (χ4v) is 1.23. The number of pyridine rings is 2. The van der Waals surface area contributed by atoms with E-state index in [0.29, 0.717) is 11.4 Å². The van der Waals surface area contributed by atoms with Crippen molar-refractivity contribution in [3.63, 3.8) is 0 Å². The van der Waals surface area contributed by atoms with Crippen LogP contribution >= 0.6 is 0 Å². The van der Waals surface area contributed by atoms with Gasteiger partial charge in [0.1, 0.15) is 5.69 Å². The third-order valence-corrected chi connectivity index (χ3v) is 1.96. The van der Waals surface area contributed by atoms with E-state index in [9.17, 15) is 0 Å². The van der Waals surface area contributed by atoms with Gasteiger partial charge in [0, 0.05) is 18.0 Å². The van der Waals surface area contributed by atoms with Crippen LogP contribution in [0, 0.1) is 11.8 Å². The molecule has 1 N–H and O–H groups in total. The number of hydrogen-bond donors (Lipinski definition) is 1. The highest BCUT2D eigenvalue weighted by Crippen LogP contribution is 1.97. The van der Waals surface area contributed by atoms with Gasteiger partial charge in [0.05, 0.1) is 11.9 Å². The monoisotopic (exact) mass is 223 g/mol. The molecule has 0 aliphatic carbocycles. The summed E-state index contributed by atoms with van der Waals surface area (Å²) in [5.41, 5.74) is 2.01. The molecule has 2 rings (SSSR count). The van der Waals surface area contributed by atoms with E-state index < -0.39 is 0 Å². The van der Waals surface area contributed by atoms with E-state index in [0.717, 1.165) is 5.56 Å². The molecule has 4 nitrogen and oxygen atoms in total. The zero-order valence-corrected chi connectivity index (χ0v) is 8.91. The summed E-state index contributed by atoms with van der Waals surface area (Å²) in [6, 6.07) is 9.02. The number of oxime groups is 1. The van der Waals surface area contributed by atoms with Gasteiger partial charge in [0.25, 0.3) is 0 Å². The van der Waals surface area contributed by atoms with Crippen molar-refractivity contribution < 1.29 is 5.21 Å². The first-order valence-corrected chi connectivity index (χ1v) is 4.95. The molecule has 0 saturated heterocycles. The van der Waals surface area contributed by atoms with Crippen LogP contribution in [-0.2, 0) is 0 Å².